The number of rotatable bonds is 2. The zero-order chi connectivity index (χ0) is 9.80. The highest BCUT2D eigenvalue weighted by atomic mass is 16.5. The maximum absolute atomic E-state index is 8.91. The van der Waals surface area contributed by atoms with Gasteiger partial charge in [-0.1, -0.05) is 12.1 Å². The van der Waals surface area contributed by atoms with Gasteiger partial charge in [-0.05, 0) is 17.7 Å². The molecule has 3 nitrogen and oxygen atoms in total. The molecular weight excluding hydrogens is 178 g/mol. The third-order valence-corrected chi connectivity index (χ3v) is 2.50. The second kappa shape index (κ2) is 4.44. The molecular formula is C11H15NO2. The van der Waals surface area contributed by atoms with Crippen molar-refractivity contribution in [2.24, 2.45) is 0 Å². The molecule has 0 aromatic heterocycles. The molecule has 0 saturated carbocycles. The molecule has 0 aliphatic carbocycles. The molecule has 2 rings (SSSR count). The molecule has 1 N–H and O–H groups in total. The van der Waals surface area contributed by atoms with E-state index in [-0.39, 0.29) is 6.61 Å². The molecule has 0 spiro atoms. The van der Waals surface area contributed by atoms with Crippen molar-refractivity contribution >= 4 is 5.69 Å². The summed E-state index contributed by atoms with van der Waals surface area (Å²) in [4.78, 5) is 2.30. The minimum absolute atomic E-state index is 0.114. The number of nitrogens with zero attached hydrogens (tertiary/aromatic N) is 1. The second-order valence-corrected chi connectivity index (χ2v) is 3.42. The van der Waals surface area contributed by atoms with E-state index >= 15 is 0 Å². The van der Waals surface area contributed by atoms with Crippen LogP contribution in [0.15, 0.2) is 24.3 Å². The van der Waals surface area contributed by atoms with Crippen LogP contribution in [0.2, 0.25) is 0 Å². The van der Waals surface area contributed by atoms with Crippen molar-refractivity contribution in [2.45, 2.75) is 6.61 Å². The minimum Gasteiger partial charge on any atom is -0.392 e. The number of ether oxygens (including phenoxy) is 1. The Morgan fingerprint density at radius 2 is 1.79 bits per heavy atom. The topological polar surface area (TPSA) is 32.7 Å². The Bertz CT molecular complexity index is 278. The van der Waals surface area contributed by atoms with Crippen molar-refractivity contribution in [3.63, 3.8) is 0 Å². The molecule has 0 atom stereocenters. The van der Waals surface area contributed by atoms with Crippen molar-refractivity contribution in [2.75, 3.05) is 31.2 Å². The Labute approximate surface area is 83.9 Å². The van der Waals surface area contributed by atoms with E-state index in [2.05, 4.69) is 17.0 Å². The molecule has 1 aromatic rings. The fourth-order valence-electron chi connectivity index (χ4n) is 1.63. The van der Waals surface area contributed by atoms with Crippen LogP contribution in [0, 0.1) is 0 Å². The Morgan fingerprint density at radius 1 is 1.14 bits per heavy atom. The van der Waals surface area contributed by atoms with Crippen molar-refractivity contribution in [3.05, 3.63) is 29.8 Å². The van der Waals surface area contributed by atoms with Crippen LogP contribution in [-0.2, 0) is 11.3 Å². The fourth-order valence-corrected chi connectivity index (χ4v) is 1.63. The number of anilines is 1. The van der Waals surface area contributed by atoms with Crippen LogP contribution in [0.4, 0.5) is 5.69 Å². The van der Waals surface area contributed by atoms with Gasteiger partial charge in [0.1, 0.15) is 0 Å². The quantitative estimate of drug-likeness (QED) is 0.761. The summed E-state index contributed by atoms with van der Waals surface area (Å²) in [6, 6.07) is 8.03. The van der Waals surface area contributed by atoms with Gasteiger partial charge in [-0.15, -0.1) is 0 Å². The number of hydrogen-bond donors (Lipinski definition) is 1. The Morgan fingerprint density at radius 3 is 2.36 bits per heavy atom. The van der Waals surface area contributed by atoms with Gasteiger partial charge < -0.3 is 14.7 Å². The molecule has 76 valence electrons. The van der Waals surface area contributed by atoms with Crippen LogP contribution >= 0.6 is 0 Å². The van der Waals surface area contributed by atoms with E-state index in [1.165, 1.54) is 5.69 Å². The van der Waals surface area contributed by atoms with Crippen LogP contribution < -0.4 is 4.90 Å². The predicted molar refractivity (Wildman–Crippen MR) is 55.4 cm³/mol. The van der Waals surface area contributed by atoms with E-state index in [0.717, 1.165) is 31.9 Å². The van der Waals surface area contributed by atoms with Crippen molar-refractivity contribution in [3.8, 4) is 0 Å². The van der Waals surface area contributed by atoms with E-state index in [4.69, 9.17) is 9.84 Å². The molecule has 0 bridgehead atoms. The standard InChI is InChI=1S/C11H15NO2/c13-9-10-1-3-11(4-2-10)12-5-7-14-8-6-12/h1-4,13H,5-9H2. The Balaban J connectivity index is 2.07. The number of morpholine rings is 1. The van der Waals surface area contributed by atoms with E-state index < -0.39 is 0 Å². The molecule has 1 heterocycles. The lowest BCUT2D eigenvalue weighted by Crippen LogP contribution is -2.36. The molecule has 1 aliphatic heterocycles. The highest BCUT2D eigenvalue weighted by molar-refractivity contribution is 5.47. The summed E-state index contributed by atoms with van der Waals surface area (Å²) in [6.45, 7) is 3.64. The predicted octanol–water partition coefficient (Wildman–Crippen LogP) is 1.02. The van der Waals surface area contributed by atoms with Crippen molar-refractivity contribution < 1.29 is 9.84 Å². The highest BCUT2D eigenvalue weighted by Gasteiger charge is 2.10. The average molecular weight is 193 g/mol. The van der Waals surface area contributed by atoms with Gasteiger partial charge in [0.2, 0.25) is 0 Å². The van der Waals surface area contributed by atoms with Crippen LogP contribution in [0.5, 0.6) is 0 Å². The lowest BCUT2D eigenvalue weighted by Gasteiger charge is -2.28. The van der Waals surface area contributed by atoms with Crippen molar-refractivity contribution in [1.29, 1.82) is 0 Å². The van der Waals surface area contributed by atoms with E-state index in [9.17, 15) is 0 Å². The number of aliphatic hydroxyl groups is 1. The molecule has 3 heteroatoms. The largest absolute Gasteiger partial charge is 0.392 e. The Hall–Kier alpha value is -1.06. The van der Waals surface area contributed by atoms with Gasteiger partial charge >= 0.3 is 0 Å². The monoisotopic (exact) mass is 193 g/mol. The average Bonchev–Trinajstić information content (AvgIpc) is 2.30. The fraction of sp³-hybridized carbons (Fsp3) is 0.455. The first-order chi connectivity index (χ1) is 6.90. The van der Waals surface area contributed by atoms with Gasteiger partial charge in [-0.3, -0.25) is 0 Å². The van der Waals surface area contributed by atoms with Crippen LogP contribution in [0.25, 0.3) is 0 Å². The smallest absolute Gasteiger partial charge is 0.0681 e. The van der Waals surface area contributed by atoms with E-state index in [0.29, 0.717) is 0 Å². The summed E-state index contributed by atoms with van der Waals surface area (Å²) in [5.41, 5.74) is 2.17. The molecule has 1 fully saturated rings. The van der Waals surface area contributed by atoms with Gasteiger partial charge in [0, 0.05) is 18.8 Å². The summed E-state index contributed by atoms with van der Waals surface area (Å²) >= 11 is 0. The summed E-state index contributed by atoms with van der Waals surface area (Å²) in [5.74, 6) is 0. The van der Waals surface area contributed by atoms with E-state index in [1.54, 1.807) is 0 Å². The van der Waals surface area contributed by atoms with Gasteiger partial charge in [0.15, 0.2) is 0 Å². The molecule has 1 aromatic carbocycles. The van der Waals surface area contributed by atoms with E-state index in [1.807, 2.05) is 12.1 Å². The zero-order valence-electron chi connectivity index (χ0n) is 8.15. The third-order valence-electron chi connectivity index (χ3n) is 2.50. The Kier molecular flexibility index (Phi) is 3.01. The SMILES string of the molecule is OCc1ccc(N2CCOCC2)cc1. The molecule has 0 radical (unpaired) electrons. The highest BCUT2D eigenvalue weighted by Crippen LogP contribution is 2.16. The van der Waals surface area contributed by atoms with Gasteiger partial charge in [0.25, 0.3) is 0 Å². The summed E-state index contributed by atoms with van der Waals surface area (Å²) in [6.07, 6.45) is 0. The molecule has 1 aliphatic rings. The lowest BCUT2D eigenvalue weighted by atomic mass is 10.2. The number of aliphatic hydroxyl groups excluding tert-OH is 1. The summed E-state index contributed by atoms with van der Waals surface area (Å²) in [5, 5.41) is 8.91. The summed E-state index contributed by atoms with van der Waals surface area (Å²) in [7, 11) is 0. The molecule has 14 heavy (non-hydrogen) atoms. The molecule has 0 amide bonds. The molecule has 1 saturated heterocycles. The molecule has 0 unspecified atom stereocenters. The summed E-state index contributed by atoms with van der Waals surface area (Å²) < 4.78 is 5.28. The maximum atomic E-state index is 8.91. The third kappa shape index (κ3) is 2.05. The van der Waals surface area contributed by atoms with Gasteiger partial charge in [-0.25, -0.2) is 0 Å². The van der Waals surface area contributed by atoms with Gasteiger partial charge in [0.05, 0.1) is 19.8 Å². The van der Waals surface area contributed by atoms with Crippen LogP contribution in [0.1, 0.15) is 5.56 Å². The number of hydrogen-bond acceptors (Lipinski definition) is 3. The van der Waals surface area contributed by atoms with Crippen LogP contribution in [0.3, 0.4) is 0 Å². The number of benzene rings is 1. The maximum Gasteiger partial charge on any atom is 0.0681 e. The second-order valence-electron chi connectivity index (χ2n) is 3.42. The first kappa shape index (κ1) is 9.49. The minimum atomic E-state index is 0.114. The normalized spacial score (nSPS) is 17.1. The first-order valence-electron chi connectivity index (χ1n) is 4.92. The van der Waals surface area contributed by atoms with Crippen LogP contribution in [-0.4, -0.2) is 31.4 Å². The van der Waals surface area contributed by atoms with Crippen molar-refractivity contribution in [1.82, 2.24) is 0 Å². The van der Waals surface area contributed by atoms with Gasteiger partial charge in [-0.2, -0.15) is 0 Å². The lowest BCUT2D eigenvalue weighted by molar-refractivity contribution is 0.122. The zero-order valence-corrected chi connectivity index (χ0v) is 8.15. The first-order valence-corrected chi connectivity index (χ1v) is 4.92.